The number of nitrogens with zero attached hydrogens (tertiary/aromatic N) is 1. The van der Waals surface area contributed by atoms with E-state index in [1.807, 2.05) is 19.2 Å². The summed E-state index contributed by atoms with van der Waals surface area (Å²) in [5.41, 5.74) is 0.653. The molecule has 1 fully saturated rings. The average molecular weight is 558 g/mol. The molecule has 3 N–H and O–H groups in total. The Morgan fingerprint density at radius 3 is 2.54 bits per heavy atom. The zero-order chi connectivity index (χ0) is 28.9. The Labute approximate surface area is 221 Å². The molecule has 2 heterocycles. The lowest BCUT2D eigenvalue weighted by atomic mass is 9.50. The summed E-state index contributed by atoms with van der Waals surface area (Å²) in [5, 5.41) is 31.4. The third-order valence-electron chi connectivity index (χ3n) is 7.94. The number of hydrogen-bond donors (Lipinski definition) is 3. The molecule has 1 spiro atoms. The van der Waals surface area contributed by atoms with Gasteiger partial charge in [-0.05, 0) is 51.9 Å². The fraction of sp³-hybridized carbons (Fsp3) is 0.577. The Kier molecular flexibility index (Phi) is 7.58. The van der Waals surface area contributed by atoms with Crippen LogP contribution in [0.25, 0.3) is 0 Å². The standard InChI is InChI=1S/C24H29NO8.C2HF3O/c1-12(27)21(28)31-13(2)22(29)32-16-6-7-24(30)17-10-14-4-5-15(11-26)19-18(14)23(24,20(16)33-19)8-9-25(17)3;3-2(4,5)1-6/h4-6,12-13,17,20,26-27,30H,7-11H2,1-3H3;1H/t12-,13-,17+,20-,23-,24+;/m0./s1. The summed E-state index contributed by atoms with van der Waals surface area (Å²) < 4.78 is 48.3. The first-order valence-corrected chi connectivity index (χ1v) is 12.4. The Morgan fingerprint density at radius 2 is 1.95 bits per heavy atom. The van der Waals surface area contributed by atoms with Crippen molar-refractivity contribution in [2.45, 2.75) is 81.3 Å². The molecule has 4 aliphatic rings. The highest BCUT2D eigenvalue weighted by Crippen LogP contribution is 2.64. The maximum atomic E-state index is 12.7. The molecule has 0 saturated carbocycles. The van der Waals surface area contributed by atoms with Gasteiger partial charge in [0.2, 0.25) is 6.29 Å². The molecular formula is C26H30F3NO9. The number of benzene rings is 1. The predicted octanol–water partition coefficient (Wildman–Crippen LogP) is 1.06. The molecule has 13 heteroatoms. The summed E-state index contributed by atoms with van der Waals surface area (Å²) in [4.78, 5) is 35.3. The molecule has 1 saturated heterocycles. The van der Waals surface area contributed by atoms with E-state index >= 15 is 0 Å². The van der Waals surface area contributed by atoms with E-state index in [2.05, 4.69) is 4.90 Å². The normalized spacial score (nSPS) is 29.9. The largest absolute Gasteiger partial charge is 0.481 e. The van der Waals surface area contributed by atoms with Crippen molar-refractivity contribution in [3.05, 3.63) is 40.7 Å². The van der Waals surface area contributed by atoms with Gasteiger partial charge < -0.3 is 34.4 Å². The van der Waals surface area contributed by atoms with Crippen LogP contribution in [0.5, 0.6) is 5.75 Å². The SMILES string of the molecule is C[C@H](O)C(=O)O[C@@H](C)C(=O)OC1=CC[C@@]2(O)[C@H]3Cc4ccc(CO)c5c4[C@@]2(CCN3C)[C@H]1O5.O=CC(F)(F)F. The highest BCUT2D eigenvalue weighted by Gasteiger charge is 2.71. The van der Waals surface area contributed by atoms with Crippen LogP contribution in [0.15, 0.2) is 24.0 Å². The highest BCUT2D eigenvalue weighted by molar-refractivity contribution is 5.81. The van der Waals surface area contributed by atoms with Gasteiger partial charge in [0.25, 0.3) is 0 Å². The van der Waals surface area contributed by atoms with E-state index in [9.17, 15) is 38.1 Å². The molecule has 5 rings (SSSR count). The number of rotatable bonds is 5. The molecule has 10 nitrogen and oxygen atoms in total. The van der Waals surface area contributed by atoms with Crippen molar-refractivity contribution in [1.82, 2.24) is 4.90 Å². The molecule has 0 unspecified atom stereocenters. The molecule has 0 radical (unpaired) electrons. The minimum absolute atomic E-state index is 0.129. The zero-order valence-corrected chi connectivity index (χ0v) is 21.5. The molecule has 2 bridgehead atoms. The average Bonchev–Trinajstić information content (AvgIpc) is 3.23. The van der Waals surface area contributed by atoms with Crippen LogP contribution in [-0.2, 0) is 42.3 Å². The number of piperidine rings is 1. The van der Waals surface area contributed by atoms with E-state index in [0.29, 0.717) is 24.2 Å². The fourth-order valence-electron chi connectivity index (χ4n) is 6.15. The van der Waals surface area contributed by atoms with E-state index in [0.717, 1.165) is 17.7 Å². The van der Waals surface area contributed by atoms with Crippen LogP contribution in [0.3, 0.4) is 0 Å². The van der Waals surface area contributed by atoms with Crippen molar-refractivity contribution < 1.29 is 57.1 Å². The van der Waals surface area contributed by atoms with Gasteiger partial charge in [-0.25, -0.2) is 9.59 Å². The Bertz CT molecular complexity index is 1200. The quantitative estimate of drug-likeness (QED) is 0.355. The van der Waals surface area contributed by atoms with Crippen molar-refractivity contribution in [2.24, 2.45) is 0 Å². The molecule has 1 aromatic rings. The van der Waals surface area contributed by atoms with E-state index in [-0.39, 0.29) is 24.8 Å². The van der Waals surface area contributed by atoms with Gasteiger partial charge in [-0.1, -0.05) is 12.1 Å². The molecule has 2 aliphatic heterocycles. The van der Waals surface area contributed by atoms with Crippen molar-refractivity contribution in [2.75, 3.05) is 13.6 Å². The topological polar surface area (TPSA) is 143 Å². The van der Waals surface area contributed by atoms with Crippen LogP contribution in [0.2, 0.25) is 0 Å². The number of aldehydes is 1. The smallest absolute Gasteiger partial charge is 0.446 e. The van der Waals surface area contributed by atoms with E-state index in [1.165, 1.54) is 13.8 Å². The third kappa shape index (κ3) is 4.71. The van der Waals surface area contributed by atoms with Gasteiger partial charge in [0, 0.05) is 23.6 Å². The molecule has 1 aromatic carbocycles. The second-order valence-corrected chi connectivity index (χ2v) is 10.2. The summed E-state index contributed by atoms with van der Waals surface area (Å²) in [7, 11) is 2.01. The molecule has 2 aliphatic carbocycles. The fourth-order valence-corrected chi connectivity index (χ4v) is 6.15. The monoisotopic (exact) mass is 557 g/mol. The molecule has 39 heavy (non-hydrogen) atoms. The van der Waals surface area contributed by atoms with Gasteiger partial charge in [0.05, 0.1) is 17.6 Å². The van der Waals surface area contributed by atoms with Crippen molar-refractivity contribution in [3.8, 4) is 5.75 Å². The number of alkyl halides is 3. The number of carbonyl (C=O) groups is 3. The number of likely N-dealkylation sites (tertiary alicyclic amines) is 1. The number of carbonyl (C=O) groups excluding carboxylic acids is 3. The highest BCUT2D eigenvalue weighted by atomic mass is 19.4. The minimum Gasteiger partial charge on any atom is -0.481 e. The lowest BCUT2D eigenvalue weighted by Gasteiger charge is -2.61. The number of hydrogen-bond acceptors (Lipinski definition) is 10. The number of likely N-dealkylation sites (N-methyl/N-ethyl adjacent to an activating group) is 1. The van der Waals surface area contributed by atoms with Gasteiger partial charge in [0.1, 0.15) is 17.6 Å². The van der Waals surface area contributed by atoms with E-state index < -0.39 is 53.7 Å². The lowest BCUT2D eigenvalue weighted by molar-refractivity contribution is -0.177. The number of aliphatic hydroxyl groups is 3. The Morgan fingerprint density at radius 1 is 1.28 bits per heavy atom. The number of esters is 2. The first-order valence-electron chi connectivity index (χ1n) is 12.4. The maximum absolute atomic E-state index is 12.7. The predicted molar refractivity (Wildman–Crippen MR) is 126 cm³/mol. The van der Waals surface area contributed by atoms with Crippen LogP contribution in [-0.4, -0.2) is 88.2 Å². The summed E-state index contributed by atoms with van der Waals surface area (Å²) >= 11 is 0. The van der Waals surface area contributed by atoms with Crippen LogP contribution in [0, 0.1) is 0 Å². The molecule has 214 valence electrons. The first kappa shape index (κ1) is 29.0. The number of halogens is 3. The molecule has 0 aromatic heterocycles. The maximum Gasteiger partial charge on any atom is 0.446 e. The van der Waals surface area contributed by atoms with Gasteiger partial charge in [-0.15, -0.1) is 0 Å². The van der Waals surface area contributed by atoms with Crippen molar-refractivity contribution >= 4 is 18.2 Å². The van der Waals surface area contributed by atoms with Gasteiger partial charge >= 0.3 is 18.1 Å². The molecular weight excluding hydrogens is 527 g/mol. The zero-order valence-electron chi connectivity index (χ0n) is 21.5. The van der Waals surface area contributed by atoms with Gasteiger partial charge in [0.15, 0.2) is 12.2 Å². The van der Waals surface area contributed by atoms with Gasteiger partial charge in [-0.3, -0.25) is 4.79 Å². The van der Waals surface area contributed by atoms with Crippen LogP contribution in [0.4, 0.5) is 13.2 Å². The molecule has 6 atom stereocenters. The summed E-state index contributed by atoms with van der Waals surface area (Å²) in [6.07, 6.45) is -5.82. The number of aliphatic hydroxyl groups excluding tert-OH is 2. The third-order valence-corrected chi connectivity index (χ3v) is 7.94. The van der Waals surface area contributed by atoms with Crippen LogP contribution in [0.1, 0.15) is 43.4 Å². The van der Waals surface area contributed by atoms with Gasteiger partial charge in [-0.2, -0.15) is 13.2 Å². The number of ether oxygens (including phenoxy) is 3. The van der Waals surface area contributed by atoms with Crippen molar-refractivity contribution in [1.29, 1.82) is 0 Å². The van der Waals surface area contributed by atoms with Crippen LogP contribution < -0.4 is 4.74 Å². The van der Waals surface area contributed by atoms with Crippen LogP contribution >= 0.6 is 0 Å². The van der Waals surface area contributed by atoms with E-state index in [4.69, 9.17) is 19.0 Å². The summed E-state index contributed by atoms with van der Waals surface area (Å²) in [6.45, 7) is 3.15. The Balaban J connectivity index is 0.000000531. The minimum atomic E-state index is -4.64. The summed E-state index contributed by atoms with van der Waals surface area (Å²) in [6, 6.07) is 3.70. The second-order valence-electron chi connectivity index (χ2n) is 10.2. The van der Waals surface area contributed by atoms with Crippen molar-refractivity contribution in [3.63, 3.8) is 0 Å². The molecule has 0 amide bonds. The summed E-state index contributed by atoms with van der Waals surface area (Å²) in [5.74, 6) is -0.892. The van der Waals surface area contributed by atoms with E-state index in [1.54, 1.807) is 6.08 Å². The Hall–Kier alpha value is -3.00. The second kappa shape index (κ2) is 10.2. The first-order chi connectivity index (χ1) is 18.2. The lowest BCUT2D eigenvalue weighted by Crippen LogP contribution is -2.74.